The summed E-state index contributed by atoms with van der Waals surface area (Å²) in [4.78, 5) is 25.6. The number of H-pyrrole nitrogens is 1. The number of anilines is 1. The van der Waals surface area contributed by atoms with Crippen molar-refractivity contribution in [3.8, 4) is 0 Å². The Labute approximate surface area is 145 Å². The number of hydrogen-bond donors (Lipinski definition) is 2. The number of aromatic amines is 1. The van der Waals surface area contributed by atoms with E-state index in [1.807, 2.05) is 13.8 Å². The van der Waals surface area contributed by atoms with Gasteiger partial charge < -0.3 is 14.7 Å². The van der Waals surface area contributed by atoms with E-state index in [4.69, 9.17) is 4.52 Å². The largest absolute Gasteiger partial charge is 0.361 e. The predicted molar refractivity (Wildman–Crippen MR) is 92.5 cm³/mol. The summed E-state index contributed by atoms with van der Waals surface area (Å²) in [6, 6.07) is 3.37. The first kappa shape index (κ1) is 17.2. The van der Waals surface area contributed by atoms with E-state index in [1.54, 1.807) is 6.07 Å². The first-order chi connectivity index (χ1) is 12.0. The van der Waals surface area contributed by atoms with Crippen LogP contribution >= 0.6 is 0 Å². The van der Waals surface area contributed by atoms with Gasteiger partial charge in [-0.25, -0.2) is 5.10 Å². The molecule has 1 amide bonds. The van der Waals surface area contributed by atoms with Gasteiger partial charge >= 0.3 is 0 Å². The van der Waals surface area contributed by atoms with Crippen LogP contribution in [0.2, 0.25) is 0 Å². The minimum absolute atomic E-state index is 0.0469. The van der Waals surface area contributed by atoms with E-state index >= 15 is 0 Å². The van der Waals surface area contributed by atoms with Crippen molar-refractivity contribution in [1.82, 2.24) is 20.7 Å². The summed E-state index contributed by atoms with van der Waals surface area (Å²) in [6.07, 6.45) is 3.44. The van der Waals surface area contributed by atoms with Crippen molar-refractivity contribution in [2.75, 3.05) is 18.0 Å². The zero-order valence-corrected chi connectivity index (χ0v) is 14.5. The summed E-state index contributed by atoms with van der Waals surface area (Å²) in [5.74, 6) is 1.38. The molecule has 0 spiro atoms. The minimum Gasteiger partial charge on any atom is -0.361 e. The van der Waals surface area contributed by atoms with Crippen LogP contribution in [0, 0.1) is 13.8 Å². The number of aryl methyl sites for hydroxylation is 2. The summed E-state index contributed by atoms with van der Waals surface area (Å²) in [5, 5.41) is 13.5. The second kappa shape index (κ2) is 7.50. The van der Waals surface area contributed by atoms with Gasteiger partial charge in [0.1, 0.15) is 11.6 Å². The fourth-order valence-corrected chi connectivity index (χ4v) is 3.22. The number of carbonyl (C=O) groups excluding carboxylic acids is 1. The van der Waals surface area contributed by atoms with Gasteiger partial charge in [0.15, 0.2) is 0 Å². The Balaban J connectivity index is 1.61. The van der Waals surface area contributed by atoms with Crippen LogP contribution in [0.4, 0.5) is 5.82 Å². The molecule has 134 valence electrons. The van der Waals surface area contributed by atoms with E-state index in [-0.39, 0.29) is 23.9 Å². The van der Waals surface area contributed by atoms with Crippen LogP contribution in [0.25, 0.3) is 0 Å². The molecule has 2 aromatic rings. The first-order valence-electron chi connectivity index (χ1n) is 8.55. The fourth-order valence-electron chi connectivity index (χ4n) is 3.22. The van der Waals surface area contributed by atoms with Gasteiger partial charge in [-0.15, -0.1) is 0 Å². The molecule has 0 aliphatic carbocycles. The second-order valence-electron chi connectivity index (χ2n) is 6.41. The van der Waals surface area contributed by atoms with Gasteiger partial charge in [-0.1, -0.05) is 5.16 Å². The van der Waals surface area contributed by atoms with Gasteiger partial charge in [0.05, 0.1) is 12.1 Å². The molecule has 1 aliphatic heterocycles. The molecule has 8 heteroatoms. The zero-order chi connectivity index (χ0) is 17.8. The lowest BCUT2D eigenvalue weighted by atomic mass is 10.0. The van der Waals surface area contributed by atoms with Crippen molar-refractivity contribution >= 4 is 11.7 Å². The number of aromatic nitrogens is 3. The molecule has 25 heavy (non-hydrogen) atoms. The molecule has 1 fully saturated rings. The van der Waals surface area contributed by atoms with Crippen LogP contribution < -0.4 is 15.8 Å². The van der Waals surface area contributed by atoms with Crippen LogP contribution in [-0.4, -0.2) is 40.4 Å². The molecule has 2 N–H and O–H groups in total. The van der Waals surface area contributed by atoms with Crippen molar-refractivity contribution < 1.29 is 9.32 Å². The number of rotatable bonds is 5. The van der Waals surface area contributed by atoms with E-state index in [0.717, 1.165) is 42.9 Å². The van der Waals surface area contributed by atoms with Crippen molar-refractivity contribution in [1.29, 1.82) is 0 Å². The Kier molecular flexibility index (Phi) is 5.16. The smallest absolute Gasteiger partial charge is 0.264 e. The highest BCUT2D eigenvalue weighted by Crippen LogP contribution is 2.21. The van der Waals surface area contributed by atoms with Gasteiger partial charge in [-0.05, 0) is 39.2 Å². The van der Waals surface area contributed by atoms with Crippen LogP contribution in [0.3, 0.4) is 0 Å². The maximum Gasteiger partial charge on any atom is 0.264 e. The SMILES string of the molecule is Cc1noc(C)c1CC(=O)NCC1CCCCN1c1ccc(=O)[nH]n1. The number of hydrogen-bond acceptors (Lipinski definition) is 6. The first-order valence-corrected chi connectivity index (χ1v) is 8.55. The molecular formula is C17H23N5O3. The average molecular weight is 345 g/mol. The molecule has 2 aromatic heterocycles. The summed E-state index contributed by atoms with van der Waals surface area (Å²) in [6.45, 7) is 5.06. The monoisotopic (exact) mass is 345 g/mol. The molecular weight excluding hydrogens is 322 g/mol. The van der Waals surface area contributed by atoms with Crippen LogP contribution in [-0.2, 0) is 11.2 Å². The lowest BCUT2D eigenvalue weighted by Gasteiger charge is -2.36. The third kappa shape index (κ3) is 4.07. The predicted octanol–water partition coefficient (Wildman–Crippen LogP) is 1.09. The van der Waals surface area contributed by atoms with Crippen molar-refractivity contribution in [2.24, 2.45) is 0 Å². The maximum atomic E-state index is 12.3. The topological polar surface area (TPSA) is 104 Å². The van der Waals surface area contributed by atoms with E-state index in [1.165, 1.54) is 6.07 Å². The zero-order valence-electron chi connectivity index (χ0n) is 14.5. The Morgan fingerprint density at radius 3 is 2.92 bits per heavy atom. The summed E-state index contributed by atoms with van der Waals surface area (Å²) in [7, 11) is 0. The van der Waals surface area contributed by atoms with Crippen molar-refractivity contribution in [2.45, 2.75) is 45.6 Å². The van der Waals surface area contributed by atoms with Gasteiger partial charge in [0, 0.05) is 30.8 Å². The number of piperidine rings is 1. The molecule has 1 aliphatic rings. The highest BCUT2D eigenvalue weighted by atomic mass is 16.5. The quantitative estimate of drug-likeness (QED) is 0.841. The Morgan fingerprint density at radius 1 is 1.40 bits per heavy atom. The van der Waals surface area contributed by atoms with Crippen LogP contribution in [0.5, 0.6) is 0 Å². The van der Waals surface area contributed by atoms with Gasteiger partial charge in [0.25, 0.3) is 5.56 Å². The molecule has 1 unspecified atom stereocenters. The lowest BCUT2D eigenvalue weighted by molar-refractivity contribution is -0.120. The van der Waals surface area contributed by atoms with E-state index in [9.17, 15) is 9.59 Å². The average Bonchev–Trinajstić information content (AvgIpc) is 2.93. The normalized spacial score (nSPS) is 17.5. The minimum atomic E-state index is -0.218. The van der Waals surface area contributed by atoms with Gasteiger partial charge in [-0.2, -0.15) is 5.10 Å². The molecule has 0 radical (unpaired) electrons. The lowest BCUT2D eigenvalue weighted by Crippen LogP contribution is -2.47. The number of nitrogens with one attached hydrogen (secondary N) is 2. The maximum absolute atomic E-state index is 12.3. The van der Waals surface area contributed by atoms with Crippen molar-refractivity contribution in [3.63, 3.8) is 0 Å². The van der Waals surface area contributed by atoms with E-state index < -0.39 is 0 Å². The number of nitrogens with zero attached hydrogens (tertiary/aromatic N) is 3. The molecule has 0 aromatic carbocycles. The van der Waals surface area contributed by atoms with Crippen LogP contribution in [0.15, 0.2) is 21.5 Å². The molecule has 1 saturated heterocycles. The van der Waals surface area contributed by atoms with Gasteiger partial charge in [-0.3, -0.25) is 9.59 Å². The molecule has 0 saturated carbocycles. The number of amides is 1. The van der Waals surface area contributed by atoms with Gasteiger partial charge in [0.2, 0.25) is 5.91 Å². The molecule has 8 nitrogen and oxygen atoms in total. The summed E-state index contributed by atoms with van der Waals surface area (Å²) >= 11 is 0. The molecule has 3 rings (SSSR count). The standard InChI is InChI=1S/C17H23N5O3/c1-11-14(12(2)25-21-11)9-17(24)18-10-13-5-3-4-8-22(13)15-6-7-16(23)20-19-15/h6-7,13H,3-5,8-10H2,1-2H3,(H,18,24)(H,20,23). The molecule has 0 bridgehead atoms. The molecule has 3 heterocycles. The Morgan fingerprint density at radius 2 is 2.24 bits per heavy atom. The van der Waals surface area contributed by atoms with Crippen molar-refractivity contribution in [3.05, 3.63) is 39.5 Å². The third-order valence-electron chi connectivity index (χ3n) is 4.64. The summed E-state index contributed by atoms with van der Waals surface area (Å²) < 4.78 is 5.10. The number of carbonyl (C=O) groups is 1. The Hall–Kier alpha value is -2.64. The highest BCUT2D eigenvalue weighted by molar-refractivity contribution is 5.79. The fraction of sp³-hybridized carbons (Fsp3) is 0.529. The second-order valence-corrected chi connectivity index (χ2v) is 6.41. The summed E-state index contributed by atoms with van der Waals surface area (Å²) in [5.41, 5.74) is 1.38. The van der Waals surface area contributed by atoms with E-state index in [0.29, 0.717) is 12.3 Å². The van der Waals surface area contributed by atoms with Crippen LogP contribution in [0.1, 0.15) is 36.3 Å². The highest BCUT2D eigenvalue weighted by Gasteiger charge is 2.24. The Bertz CT molecular complexity index is 758. The molecule has 1 atom stereocenters. The third-order valence-corrected chi connectivity index (χ3v) is 4.64. The van der Waals surface area contributed by atoms with E-state index in [2.05, 4.69) is 25.6 Å².